The molecule has 4 aromatic rings. The van der Waals surface area contributed by atoms with Crippen molar-refractivity contribution in [2.45, 2.75) is 32.7 Å². The predicted octanol–water partition coefficient (Wildman–Crippen LogP) is 4.36. The molecular weight excluding hydrogens is 431 g/mol. The van der Waals surface area contributed by atoms with Crippen LogP contribution in [0, 0.1) is 18.7 Å². The van der Waals surface area contributed by atoms with Gasteiger partial charge in [0.25, 0.3) is 0 Å². The van der Waals surface area contributed by atoms with Gasteiger partial charge in [0.15, 0.2) is 5.65 Å². The first-order valence-corrected chi connectivity index (χ1v) is 11.6. The average Bonchev–Trinajstić information content (AvgIpc) is 3.29. The fourth-order valence-electron chi connectivity index (χ4n) is 4.46. The highest BCUT2D eigenvalue weighted by Crippen LogP contribution is 2.28. The Bertz CT molecular complexity index is 1300. The van der Waals surface area contributed by atoms with Crippen LogP contribution >= 0.6 is 0 Å². The van der Waals surface area contributed by atoms with E-state index in [0.717, 1.165) is 41.8 Å². The van der Waals surface area contributed by atoms with Crippen molar-refractivity contribution in [3.05, 3.63) is 78.0 Å². The molecule has 174 valence electrons. The molecular formula is C26H27FN6O. The summed E-state index contributed by atoms with van der Waals surface area (Å²) in [6, 6.07) is 14.2. The van der Waals surface area contributed by atoms with Gasteiger partial charge in [-0.05, 0) is 56.5 Å². The molecule has 2 atom stereocenters. The number of halogens is 1. The number of nitrogens with one attached hydrogen (secondary N) is 1. The Kier molecular flexibility index (Phi) is 5.96. The smallest absolute Gasteiger partial charge is 0.225 e. The Balaban J connectivity index is 1.34. The lowest BCUT2D eigenvalue weighted by atomic mass is 9.96. The second-order valence-corrected chi connectivity index (χ2v) is 8.91. The zero-order valence-corrected chi connectivity index (χ0v) is 19.3. The first kappa shape index (κ1) is 22.0. The highest BCUT2D eigenvalue weighted by atomic mass is 19.1. The molecule has 34 heavy (non-hydrogen) atoms. The number of aromatic nitrogens is 4. The second kappa shape index (κ2) is 9.21. The molecule has 7 nitrogen and oxygen atoms in total. The Morgan fingerprint density at radius 3 is 2.65 bits per heavy atom. The first-order valence-electron chi connectivity index (χ1n) is 11.6. The fraction of sp³-hybridized carbons (Fsp3) is 0.308. The number of benzene rings is 2. The lowest BCUT2D eigenvalue weighted by Crippen LogP contribution is -2.44. The van der Waals surface area contributed by atoms with Crippen molar-refractivity contribution in [2.75, 3.05) is 18.0 Å². The number of aryl methyl sites for hydroxylation is 1. The molecule has 0 radical (unpaired) electrons. The van der Waals surface area contributed by atoms with E-state index in [9.17, 15) is 9.18 Å². The van der Waals surface area contributed by atoms with E-state index in [0.29, 0.717) is 12.2 Å². The van der Waals surface area contributed by atoms with Gasteiger partial charge in [0, 0.05) is 19.3 Å². The zero-order chi connectivity index (χ0) is 23.7. The minimum absolute atomic E-state index is 0.00201. The van der Waals surface area contributed by atoms with Crippen LogP contribution in [0.3, 0.4) is 0 Å². The summed E-state index contributed by atoms with van der Waals surface area (Å²) < 4.78 is 15.0. The molecule has 0 aliphatic carbocycles. The summed E-state index contributed by atoms with van der Waals surface area (Å²) in [5.41, 5.74) is 3.65. The molecule has 5 rings (SSSR count). The molecule has 1 fully saturated rings. The van der Waals surface area contributed by atoms with Gasteiger partial charge in [-0.15, -0.1) is 5.10 Å². The summed E-state index contributed by atoms with van der Waals surface area (Å²) in [4.78, 5) is 24.1. The van der Waals surface area contributed by atoms with E-state index in [1.165, 1.54) is 24.0 Å². The molecule has 2 aromatic heterocycles. The number of hydrogen-bond donors (Lipinski definition) is 1. The van der Waals surface area contributed by atoms with E-state index in [1.54, 1.807) is 12.1 Å². The molecule has 0 spiro atoms. The third-order valence-corrected chi connectivity index (χ3v) is 6.41. The number of piperidine rings is 1. The number of carbonyl (C=O) groups is 1. The van der Waals surface area contributed by atoms with E-state index >= 15 is 0 Å². The maximum Gasteiger partial charge on any atom is 0.225 e. The van der Waals surface area contributed by atoms with Gasteiger partial charge in [-0.2, -0.15) is 0 Å². The quantitative estimate of drug-likeness (QED) is 0.481. The predicted molar refractivity (Wildman–Crippen MR) is 129 cm³/mol. The number of amides is 1. The third kappa shape index (κ3) is 4.48. The molecule has 0 unspecified atom stereocenters. The minimum Gasteiger partial charge on any atom is -0.355 e. The van der Waals surface area contributed by atoms with Crippen LogP contribution in [0.15, 0.2) is 61.1 Å². The Morgan fingerprint density at radius 2 is 1.88 bits per heavy atom. The van der Waals surface area contributed by atoms with E-state index in [2.05, 4.69) is 44.3 Å². The van der Waals surface area contributed by atoms with Crippen molar-refractivity contribution in [1.82, 2.24) is 25.1 Å². The Labute approximate surface area is 197 Å². The van der Waals surface area contributed by atoms with Gasteiger partial charge >= 0.3 is 0 Å². The van der Waals surface area contributed by atoms with Crippen LogP contribution in [-0.4, -0.2) is 38.7 Å². The summed E-state index contributed by atoms with van der Waals surface area (Å²) in [5.74, 6) is 0.357. The van der Waals surface area contributed by atoms with Crippen molar-refractivity contribution in [1.29, 1.82) is 0 Å². The minimum atomic E-state index is -0.285. The van der Waals surface area contributed by atoms with Gasteiger partial charge in [0.2, 0.25) is 5.91 Å². The summed E-state index contributed by atoms with van der Waals surface area (Å²) in [7, 11) is 0. The number of hydrogen-bond acceptors (Lipinski definition) is 5. The molecule has 2 aromatic carbocycles. The summed E-state index contributed by atoms with van der Waals surface area (Å²) >= 11 is 0. The number of nitrogens with zero attached hydrogens (tertiary/aromatic N) is 5. The van der Waals surface area contributed by atoms with Crippen LogP contribution in [0.4, 0.5) is 10.2 Å². The van der Waals surface area contributed by atoms with Crippen LogP contribution in [0.2, 0.25) is 0 Å². The van der Waals surface area contributed by atoms with Gasteiger partial charge in [-0.25, -0.2) is 19.0 Å². The standard InChI is InChI=1S/C26H27FN6O/c1-17-5-11-22(12-6-17)33-15-23-24(31-33)28-16-29-25(23)32-13-3-4-20(14-32)26(34)30-18(2)19-7-9-21(27)10-8-19/h5-12,15-16,18,20H,3-4,13-14H2,1-2H3,(H,30,34)/t18-,20-/m0/s1. The monoisotopic (exact) mass is 458 g/mol. The van der Waals surface area contributed by atoms with Gasteiger partial charge in [0.05, 0.1) is 23.0 Å². The van der Waals surface area contributed by atoms with Crippen molar-refractivity contribution in [2.24, 2.45) is 5.92 Å². The molecule has 1 N–H and O–H groups in total. The topological polar surface area (TPSA) is 75.9 Å². The van der Waals surface area contributed by atoms with Crippen molar-refractivity contribution in [3.63, 3.8) is 0 Å². The van der Waals surface area contributed by atoms with Crippen LogP contribution in [0.1, 0.15) is 36.9 Å². The summed E-state index contributed by atoms with van der Waals surface area (Å²) in [5, 5.41) is 8.59. The number of anilines is 1. The van der Waals surface area contributed by atoms with Gasteiger partial charge in [-0.3, -0.25) is 4.79 Å². The molecule has 8 heteroatoms. The Morgan fingerprint density at radius 1 is 1.12 bits per heavy atom. The summed E-state index contributed by atoms with van der Waals surface area (Å²) in [6.45, 7) is 5.36. The molecule has 1 saturated heterocycles. The SMILES string of the molecule is Cc1ccc(-n2cc3c(N4CCC[C@H](C(=O)N[C@@H](C)c5ccc(F)cc5)C4)ncnc3n2)cc1. The molecule has 0 saturated carbocycles. The van der Waals surface area contributed by atoms with Crippen molar-refractivity contribution >= 4 is 22.8 Å². The van der Waals surface area contributed by atoms with E-state index in [-0.39, 0.29) is 23.7 Å². The Hall–Kier alpha value is -3.81. The van der Waals surface area contributed by atoms with Crippen LogP contribution in [-0.2, 0) is 4.79 Å². The van der Waals surface area contributed by atoms with Gasteiger partial charge in [0.1, 0.15) is 18.0 Å². The maximum absolute atomic E-state index is 13.2. The van der Waals surface area contributed by atoms with Crippen molar-refractivity contribution in [3.8, 4) is 5.69 Å². The van der Waals surface area contributed by atoms with Gasteiger partial charge < -0.3 is 10.2 Å². The third-order valence-electron chi connectivity index (χ3n) is 6.41. The lowest BCUT2D eigenvalue weighted by Gasteiger charge is -2.33. The van der Waals surface area contributed by atoms with E-state index in [4.69, 9.17) is 0 Å². The molecule has 1 aliphatic rings. The lowest BCUT2D eigenvalue weighted by molar-refractivity contribution is -0.125. The van der Waals surface area contributed by atoms with E-state index in [1.807, 2.05) is 29.9 Å². The van der Waals surface area contributed by atoms with Crippen LogP contribution in [0.5, 0.6) is 0 Å². The molecule has 1 amide bonds. The first-order chi connectivity index (χ1) is 16.5. The fourth-order valence-corrected chi connectivity index (χ4v) is 4.46. The molecule has 3 heterocycles. The average molecular weight is 459 g/mol. The zero-order valence-electron chi connectivity index (χ0n) is 19.3. The summed E-state index contributed by atoms with van der Waals surface area (Å²) in [6.07, 6.45) is 5.19. The molecule has 0 bridgehead atoms. The maximum atomic E-state index is 13.2. The van der Waals surface area contributed by atoms with Crippen LogP contribution in [0.25, 0.3) is 16.7 Å². The van der Waals surface area contributed by atoms with Crippen molar-refractivity contribution < 1.29 is 9.18 Å². The normalized spacial score (nSPS) is 17.0. The number of carbonyl (C=O) groups excluding carboxylic acids is 1. The van der Waals surface area contributed by atoms with Gasteiger partial charge in [-0.1, -0.05) is 29.8 Å². The highest BCUT2D eigenvalue weighted by Gasteiger charge is 2.29. The number of fused-ring (bicyclic) bond motifs is 1. The second-order valence-electron chi connectivity index (χ2n) is 8.91. The molecule has 1 aliphatic heterocycles. The van der Waals surface area contributed by atoms with Crippen LogP contribution < -0.4 is 10.2 Å². The number of rotatable bonds is 5. The van der Waals surface area contributed by atoms with E-state index < -0.39 is 0 Å². The largest absolute Gasteiger partial charge is 0.355 e. The highest BCUT2D eigenvalue weighted by molar-refractivity contribution is 5.87.